The molecule has 0 saturated carbocycles. The highest BCUT2D eigenvalue weighted by Gasteiger charge is 2.38. The van der Waals surface area contributed by atoms with Gasteiger partial charge < -0.3 is 24.9 Å². The number of carbonyl (C=O) groups excluding carboxylic acids is 5. The average Bonchev–Trinajstić information content (AvgIpc) is 3.91. The van der Waals surface area contributed by atoms with Gasteiger partial charge in [-0.2, -0.15) is 0 Å². The van der Waals surface area contributed by atoms with Crippen molar-refractivity contribution in [1.29, 1.82) is 0 Å². The van der Waals surface area contributed by atoms with Crippen LogP contribution in [0.1, 0.15) is 70.9 Å². The van der Waals surface area contributed by atoms with E-state index in [9.17, 15) is 24.0 Å². The van der Waals surface area contributed by atoms with Gasteiger partial charge in [0, 0.05) is 52.2 Å². The molecule has 290 valence electrons. The Balaban J connectivity index is 1.60. The number of aryl methyl sites for hydroxylation is 2. The second kappa shape index (κ2) is 21.0. The molecule has 10 heteroatoms. The molecule has 2 aliphatic heterocycles. The molecular weight excluding hydrogens is 679 g/mol. The van der Waals surface area contributed by atoms with Crippen LogP contribution in [-0.4, -0.2) is 101 Å². The molecule has 2 atom stereocenters. The van der Waals surface area contributed by atoms with Crippen LogP contribution in [0.15, 0.2) is 96.9 Å². The Labute approximate surface area is 321 Å². The summed E-state index contributed by atoms with van der Waals surface area (Å²) < 4.78 is 0. The smallest absolute Gasteiger partial charge is 0.295 e. The minimum atomic E-state index is -0.842. The standard InChI is InChI=1S/C44H59N5O5/c1-33(2)39(43(53)46-26-12-13-27-46)48(30-16-22-35-18-8-6-9-19-35)41(51)37(32-45-5)24-25-38(50)42(52)49(31-17-23-36-20-10-7-11-21-36)40(34(3)4)44(54)47-28-14-15-29-47/h6-11,14,18-21,24-25,28,32-34,39-40,45H,12-13,15-17,22-23,26-27,29-31H2,1-5H3/b25-24-,37-32+/t39-,40-/m0/s1. The predicted octanol–water partition coefficient (Wildman–Crippen LogP) is 5.56. The van der Waals surface area contributed by atoms with Gasteiger partial charge in [-0.25, -0.2) is 0 Å². The number of amides is 4. The summed E-state index contributed by atoms with van der Waals surface area (Å²) in [5.41, 5.74) is 2.38. The summed E-state index contributed by atoms with van der Waals surface area (Å²) in [6.07, 6.45) is 12.8. The molecule has 0 radical (unpaired) electrons. The third kappa shape index (κ3) is 11.5. The van der Waals surface area contributed by atoms with Gasteiger partial charge in [0.15, 0.2) is 0 Å². The molecule has 54 heavy (non-hydrogen) atoms. The largest absolute Gasteiger partial charge is 0.393 e. The average molecular weight is 738 g/mol. The van der Waals surface area contributed by atoms with Crippen LogP contribution in [0.4, 0.5) is 0 Å². The number of rotatable bonds is 19. The summed E-state index contributed by atoms with van der Waals surface area (Å²) in [5.74, 6) is -2.74. The fraction of sp³-hybridized carbons (Fsp3) is 0.477. The molecule has 0 aromatic heterocycles. The summed E-state index contributed by atoms with van der Waals surface area (Å²) in [6.45, 7) is 10.1. The summed E-state index contributed by atoms with van der Waals surface area (Å²) in [7, 11) is 1.66. The van der Waals surface area contributed by atoms with Crippen LogP contribution >= 0.6 is 0 Å². The number of likely N-dealkylation sites (tertiary alicyclic amines) is 1. The maximum atomic E-state index is 14.5. The molecular formula is C44H59N5O5. The molecule has 2 aromatic rings. The van der Waals surface area contributed by atoms with Crippen molar-refractivity contribution in [1.82, 2.24) is 24.9 Å². The summed E-state index contributed by atoms with van der Waals surface area (Å²) in [5, 5.41) is 2.92. The molecule has 1 fully saturated rings. The lowest BCUT2D eigenvalue weighted by Crippen LogP contribution is -2.54. The Morgan fingerprint density at radius 1 is 0.704 bits per heavy atom. The van der Waals surface area contributed by atoms with Gasteiger partial charge >= 0.3 is 0 Å². The highest BCUT2D eigenvalue weighted by atomic mass is 16.2. The van der Waals surface area contributed by atoms with E-state index in [0.717, 1.165) is 42.9 Å². The number of nitrogens with zero attached hydrogens (tertiary/aromatic N) is 4. The molecule has 1 N–H and O–H groups in total. The van der Waals surface area contributed by atoms with Crippen LogP contribution in [-0.2, 0) is 36.8 Å². The normalized spacial score (nSPS) is 15.6. The topological polar surface area (TPSA) is 110 Å². The second-order valence-electron chi connectivity index (χ2n) is 14.9. The van der Waals surface area contributed by atoms with Crippen molar-refractivity contribution >= 4 is 29.4 Å². The first-order valence-electron chi connectivity index (χ1n) is 19.6. The van der Waals surface area contributed by atoms with Gasteiger partial charge in [0.25, 0.3) is 11.8 Å². The van der Waals surface area contributed by atoms with Gasteiger partial charge in [-0.05, 0) is 80.1 Å². The van der Waals surface area contributed by atoms with E-state index in [0.29, 0.717) is 45.4 Å². The fourth-order valence-corrected chi connectivity index (χ4v) is 7.34. The third-order valence-electron chi connectivity index (χ3n) is 10.1. The molecule has 4 amide bonds. The van der Waals surface area contributed by atoms with E-state index in [1.807, 2.05) is 99.3 Å². The van der Waals surface area contributed by atoms with Gasteiger partial charge in [0.1, 0.15) is 12.1 Å². The minimum Gasteiger partial charge on any atom is -0.393 e. The molecule has 0 unspecified atom stereocenters. The Bertz CT molecular complexity index is 1650. The van der Waals surface area contributed by atoms with E-state index in [-0.39, 0.29) is 35.8 Å². The zero-order valence-corrected chi connectivity index (χ0v) is 32.8. The third-order valence-corrected chi connectivity index (χ3v) is 10.1. The maximum Gasteiger partial charge on any atom is 0.295 e. The summed E-state index contributed by atoms with van der Waals surface area (Å²) in [4.78, 5) is 76.7. The quantitative estimate of drug-likeness (QED) is 0.115. The highest BCUT2D eigenvalue weighted by Crippen LogP contribution is 2.23. The van der Waals surface area contributed by atoms with Crippen LogP contribution in [0.2, 0.25) is 0 Å². The first kappa shape index (κ1) is 41.8. The number of benzene rings is 2. The molecule has 2 aromatic carbocycles. The first-order chi connectivity index (χ1) is 26.0. The number of hydrogen-bond acceptors (Lipinski definition) is 6. The maximum absolute atomic E-state index is 14.5. The number of nitrogens with one attached hydrogen (secondary N) is 1. The Hall–Kier alpha value is -4.99. The zero-order chi connectivity index (χ0) is 39.0. The summed E-state index contributed by atoms with van der Waals surface area (Å²) >= 11 is 0. The lowest BCUT2D eigenvalue weighted by atomic mass is 9.98. The molecule has 4 rings (SSSR count). The van der Waals surface area contributed by atoms with Gasteiger partial charge in [0.05, 0.1) is 5.57 Å². The van der Waals surface area contributed by atoms with Crippen molar-refractivity contribution in [3.63, 3.8) is 0 Å². The Morgan fingerprint density at radius 3 is 1.70 bits per heavy atom. The van der Waals surface area contributed by atoms with Crippen LogP contribution in [0.25, 0.3) is 0 Å². The molecule has 0 spiro atoms. The van der Waals surface area contributed by atoms with E-state index in [1.54, 1.807) is 23.0 Å². The van der Waals surface area contributed by atoms with Gasteiger partial charge in [-0.3, -0.25) is 24.0 Å². The van der Waals surface area contributed by atoms with E-state index in [1.165, 1.54) is 17.2 Å². The van der Waals surface area contributed by atoms with Gasteiger partial charge in [-0.15, -0.1) is 0 Å². The Kier molecular flexibility index (Phi) is 16.3. The number of carbonyl (C=O) groups is 5. The van der Waals surface area contributed by atoms with E-state index in [2.05, 4.69) is 5.32 Å². The SMILES string of the molecule is CN/C=C(\C=C/C(=O)C(=O)N(CCCc1ccccc1)[C@H](C(=O)N1C=CCC1)C(C)C)C(=O)N(CCCc1ccccc1)[C@H](C(=O)N1CCCC1)C(C)C. The second-order valence-corrected chi connectivity index (χ2v) is 14.9. The molecule has 0 bridgehead atoms. The van der Waals surface area contributed by atoms with Crippen molar-refractivity contribution in [3.05, 3.63) is 108 Å². The first-order valence-corrected chi connectivity index (χ1v) is 19.6. The van der Waals surface area contributed by atoms with Crippen LogP contribution in [0.5, 0.6) is 0 Å². The van der Waals surface area contributed by atoms with Crippen LogP contribution in [0.3, 0.4) is 0 Å². The fourth-order valence-electron chi connectivity index (χ4n) is 7.34. The monoisotopic (exact) mass is 737 g/mol. The molecule has 10 nitrogen and oxygen atoms in total. The molecule has 0 aliphatic carbocycles. The van der Waals surface area contributed by atoms with Gasteiger partial charge in [-0.1, -0.05) is 94.4 Å². The predicted molar refractivity (Wildman–Crippen MR) is 213 cm³/mol. The van der Waals surface area contributed by atoms with Gasteiger partial charge in [0.2, 0.25) is 17.6 Å². The molecule has 1 saturated heterocycles. The van der Waals surface area contributed by atoms with Crippen molar-refractivity contribution in [2.45, 2.75) is 84.7 Å². The summed E-state index contributed by atoms with van der Waals surface area (Å²) in [6, 6.07) is 18.4. The number of hydrogen-bond donors (Lipinski definition) is 1. The number of ketones is 1. The van der Waals surface area contributed by atoms with Crippen LogP contribution < -0.4 is 5.32 Å². The van der Waals surface area contributed by atoms with Crippen molar-refractivity contribution in [2.75, 3.05) is 39.8 Å². The van der Waals surface area contributed by atoms with E-state index in [4.69, 9.17) is 0 Å². The van der Waals surface area contributed by atoms with E-state index >= 15 is 0 Å². The zero-order valence-electron chi connectivity index (χ0n) is 32.8. The lowest BCUT2D eigenvalue weighted by molar-refractivity contribution is -0.150. The van der Waals surface area contributed by atoms with Crippen molar-refractivity contribution in [2.24, 2.45) is 11.8 Å². The molecule has 2 aliphatic rings. The van der Waals surface area contributed by atoms with Crippen LogP contribution in [0, 0.1) is 11.8 Å². The van der Waals surface area contributed by atoms with Crippen molar-refractivity contribution < 1.29 is 24.0 Å². The molecule has 2 heterocycles. The highest BCUT2D eigenvalue weighted by molar-refractivity contribution is 6.41. The minimum absolute atomic E-state index is 0.0713. The Morgan fingerprint density at radius 2 is 1.22 bits per heavy atom. The lowest BCUT2D eigenvalue weighted by Gasteiger charge is -2.36. The van der Waals surface area contributed by atoms with E-state index < -0.39 is 29.7 Å². The van der Waals surface area contributed by atoms with Crippen molar-refractivity contribution in [3.8, 4) is 0 Å².